The van der Waals surface area contributed by atoms with E-state index in [1.54, 1.807) is 0 Å². The van der Waals surface area contributed by atoms with Crippen molar-refractivity contribution in [1.82, 2.24) is 16.0 Å². The first-order valence-electron chi connectivity index (χ1n) is 7.01. The lowest BCUT2D eigenvalue weighted by atomic mass is 10.2. The van der Waals surface area contributed by atoms with Gasteiger partial charge in [0.2, 0.25) is 0 Å². The van der Waals surface area contributed by atoms with Crippen LogP contribution in [0.25, 0.3) is 10.4 Å². The van der Waals surface area contributed by atoms with Crippen molar-refractivity contribution in [3.8, 4) is 0 Å². The normalized spacial score (nSPS) is 12.4. The Morgan fingerprint density at radius 3 is 2.43 bits per heavy atom. The van der Waals surface area contributed by atoms with Gasteiger partial charge in [-0.25, -0.2) is 4.79 Å². The van der Waals surface area contributed by atoms with Gasteiger partial charge >= 0.3 is 6.09 Å². The lowest BCUT2D eigenvalue weighted by molar-refractivity contribution is 0.0528. The predicted octanol–water partition coefficient (Wildman–Crippen LogP) is 0.328. The van der Waals surface area contributed by atoms with E-state index in [0.717, 1.165) is 0 Å². The maximum Gasteiger partial charge on any atom is 0.407 e. The summed E-state index contributed by atoms with van der Waals surface area (Å²) in [5.41, 5.74) is 13.3. The number of ether oxygens (including phenoxy) is 1. The number of amides is 1. The number of nitrogens with two attached hydrogens (primary N) is 1. The van der Waals surface area contributed by atoms with Gasteiger partial charge in [-0.1, -0.05) is 5.11 Å². The zero-order valence-electron chi connectivity index (χ0n) is 13.1. The van der Waals surface area contributed by atoms with Crippen molar-refractivity contribution in [3.05, 3.63) is 10.4 Å². The number of hydrogen-bond donors (Lipinski definition) is 4. The summed E-state index contributed by atoms with van der Waals surface area (Å²) >= 11 is 0. The third-order valence-electron chi connectivity index (χ3n) is 2.27. The molecule has 122 valence electrons. The van der Waals surface area contributed by atoms with Gasteiger partial charge < -0.3 is 26.4 Å². The highest BCUT2D eigenvalue weighted by Crippen LogP contribution is 2.05. The third kappa shape index (κ3) is 13.2. The van der Waals surface area contributed by atoms with E-state index in [4.69, 9.17) is 16.0 Å². The summed E-state index contributed by atoms with van der Waals surface area (Å²) in [6.07, 6.45) is -0.444. The molecule has 0 saturated carbocycles. The van der Waals surface area contributed by atoms with Crippen molar-refractivity contribution in [2.75, 3.05) is 39.3 Å². The fourth-order valence-electron chi connectivity index (χ4n) is 1.43. The van der Waals surface area contributed by atoms with Gasteiger partial charge in [-0.05, 0) is 26.3 Å². The fourth-order valence-corrected chi connectivity index (χ4v) is 1.43. The molecule has 0 aromatic heterocycles. The molecule has 1 amide bonds. The fraction of sp³-hybridized carbons (Fsp3) is 0.917. The van der Waals surface area contributed by atoms with Gasteiger partial charge in [0.15, 0.2) is 0 Å². The second-order valence-corrected chi connectivity index (χ2v) is 5.48. The van der Waals surface area contributed by atoms with Gasteiger partial charge in [0.05, 0.1) is 6.04 Å². The first-order chi connectivity index (χ1) is 9.89. The van der Waals surface area contributed by atoms with Crippen LogP contribution in [0.5, 0.6) is 0 Å². The van der Waals surface area contributed by atoms with Gasteiger partial charge in [0.1, 0.15) is 5.60 Å². The van der Waals surface area contributed by atoms with E-state index in [-0.39, 0.29) is 6.04 Å². The van der Waals surface area contributed by atoms with Gasteiger partial charge in [0, 0.05) is 44.2 Å². The molecule has 0 rings (SSSR count). The van der Waals surface area contributed by atoms with Gasteiger partial charge in [-0.2, -0.15) is 0 Å². The van der Waals surface area contributed by atoms with Crippen LogP contribution in [-0.2, 0) is 4.74 Å². The monoisotopic (exact) mass is 301 g/mol. The second kappa shape index (κ2) is 11.2. The minimum Gasteiger partial charge on any atom is -0.444 e. The lowest BCUT2D eigenvalue weighted by Gasteiger charge is -2.19. The Kier molecular flexibility index (Phi) is 10.3. The number of alkyl carbamates (subject to hydrolysis) is 1. The van der Waals surface area contributed by atoms with E-state index in [1.807, 2.05) is 20.8 Å². The van der Waals surface area contributed by atoms with Gasteiger partial charge in [-0.15, -0.1) is 0 Å². The third-order valence-corrected chi connectivity index (χ3v) is 2.27. The summed E-state index contributed by atoms with van der Waals surface area (Å²) in [6, 6.07) is -0.192. The Hall–Kier alpha value is -1.54. The molecule has 9 heteroatoms. The summed E-state index contributed by atoms with van der Waals surface area (Å²) in [7, 11) is 0. The number of azide groups is 1. The number of carbonyl (C=O) groups excluding carboxylic acids is 1. The molecule has 5 N–H and O–H groups in total. The summed E-state index contributed by atoms with van der Waals surface area (Å²) in [5.74, 6) is 0. The Morgan fingerprint density at radius 1 is 1.29 bits per heavy atom. The van der Waals surface area contributed by atoms with Crippen LogP contribution >= 0.6 is 0 Å². The molecule has 9 nitrogen and oxygen atoms in total. The minimum absolute atomic E-state index is 0.192. The van der Waals surface area contributed by atoms with Crippen LogP contribution in [0.3, 0.4) is 0 Å². The minimum atomic E-state index is -0.501. The number of rotatable bonds is 10. The quantitative estimate of drug-likeness (QED) is 0.199. The number of carbonyl (C=O) groups is 1. The predicted molar refractivity (Wildman–Crippen MR) is 82.0 cm³/mol. The van der Waals surface area contributed by atoms with Crippen LogP contribution in [0.1, 0.15) is 20.8 Å². The van der Waals surface area contributed by atoms with E-state index < -0.39 is 11.7 Å². The molecule has 0 spiro atoms. The molecule has 0 bridgehead atoms. The average Bonchev–Trinajstić information content (AvgIpc) is 2.36. The smallest absolute Gasteiger partial charge is 0.407 e. The molecule has 0 aliphatic rings. The highest BCUT2D eigenvalue weighted by molar-refractivity contribution is 5.67. The van der Waals surface area contributed by atoms with Crippen LogP contribution in [0.15, 0.2) is 5.11 Å². The first-order valence-corrected chi connectivity index (χ1v) is 7.01. The van der Waals surface area contributed by atoms with Crippen LogP contribution in [-0.4, -0.2) is 57.0 Å². The van der Waals surface area contributed by atoms with E-state index >= 15 is 0 Å². The Balaban J connectivity index is 3.75. The Bertz CT molecular complexity index is 337. The standard InChI is InChI=1S/C12H27N7O2/c1-12(2,3)21-11(20)17-7-6-16-9-10(18-19-14)8-15-5-4-13/h10,15-16H,4-9,13H2,1-3H3,(H,17,20). The summed E-state index contributed by atoms with van der Waals surface area (Å²) in [4.78, 5) is 14.2. The molecule has 0 aromatic carbocycles. The second-order valence-electron chi connectivity index (χ2n) is 5.48. The molecule has 1 unspecified atom stereocenters. The number of nitrogens with one attached hydrogen (secondary N) is 3. The zero-order valence-corrected chi connectivity index (χ0v) is 13.1. The van der Waals surface area contributed by atoms with Crippen molar-refractivity contribution >= 4 is 6.09 Å². The highest BCUT2D eigenvalue weighted by atomic mass is 16.6. The number of hydrogen-bond acceptors (Lipinski definition) is 6. The molecule has 0 aromatic rings. The van der Waals surface area contributed by atoms with Gasteiger partial charge in [0.25, 0.3) is 0 Å². The maximum atomic E-state index is 11.4. The molecule has 0 radical (unpaired) electrons. The molecule has 0 aliphatic carbocycles. The molecule has 0 saturated heterocycles. The molecule has 1 atom stereocenters. The van der Waals surface area contributed by atoms with Crippen molar-refractivity contribution in [2.45, 2.75) is 32.4 Å². The lowest BCUT2D eigenvalue weighted by Crippen LogP contribution is -2.40. The molecule has 0 heterocycles. The van der Waals surface area contributed by atoms with Crippen LogP contribution in [0, 0.1) is 0 Å². The summed E-state index contributed by atoms with van der Waals surface area (Å²) in [5, 5.41) is 12.5. The SMILES string of the molecule is CC(C)(C)OC(=O)NCCNCC(CNCCN)N=[N+]=[N-]. The highest BCUT2D eigenvalue weighted by Gasteiger charge is 2.15. The topological polar surface area (TPSA) is 137 Å². The molecule has 0 fully saturated rings. The zero-order chi connectivity index (χ0) is 16.1. The Labute approximate surface area is 125 Å². The number of nitrogens with zero attached hydrogens (tertiary/aromatic N) is 3. The summed E-state index contributed by atoms with van der Waals surface area (Å²) in [6.45, 7) is 8.73. The van der Waals surface area contributed by atoms with Crippen molar-refractivity contribution in [3.63, 3.8) is 0 Å². The van der Waals surface area contributed by atoms with E-state index in [2.05, 4.69) is 26.0 Å². The molecule has 21 heavy (non-hydrogen) atoms. The summed E-state index contributed by atoms with van der Waals surface area (Å²) < 4.78 is 5.10. The first kappa shape index (κ1) is 19.5. The largest absolute Gasteiger partial charge is 0.444 e. The molecule has 0 aliphatic heterocycles. The molecular weight excluding hydrogens is 274 g/mol. The van der Waals surface area contributed by atoms with Crippen LogP contribution in [0.2, 0.25) is 0 Å². The van der Waals surface area contributed by atoms with E-state index in [9.17, 15) is 4.79 Å². The van der Waals surface area contributed by atoms with E-state index in [1.165, 1.54) is 0 Å². The van der Waals surface area contributed by atoms with E-state index in [0.29, 0.717) is 39.3 Å². The Morgan fingerprint density at radius 2 is 1.90 bits per heavy atom. The average molecular weight is 301 g/mol. The van der Waals surface area contributed by atoms with Gasteiger partial charge in [-0.3, -0.25) is 0 Å². The van der Waals surface area contributed by atoms with Crippen LogP contribution in [0.4, 0.5) is 4.79 Å². The molecular formula is C12H27N7O2. The van der Waals surface area contributed by atoms with Crippen molar-refractivity contribution in [2.24, 2.45) is 10.8 Å². The van der Waals surface area contributed by atoms with Crippen molar-refractivity contribution in [1.29, 1.82) is 0 Å². The maximum absolute atomic E-state index is 11.4. The van der Waals surface area contributed by atoms with Crippen molar-refractivity contribution < 1.29 is 9.53 Å². The van der Waals surface area contributed by atoms with Crippen LogP contribution < -0.4 is 21.7 Å².